The number of likely N-dealkylation sites (N-methyl/N-ethyl adjacent to an activating group) is 1. The minimum absolute atomic E-state index is 0.158. The molecule has 0 saturated heterocycles. The van der Waals surface area contributed by atoms with Crippen molar-refractivity contribution < 1.29 is 18.7 Å². The third-order valence-corrected chi connectivity index (χ3v) is 3.31. The number of amides is 2. The molecular formula is C18H19FN2O3. The van der Waals surface area contributed by atoms with E-state index in [-0.39, 0.29) is 24.2 Å². The molecule has 2 rings (SSSR count). The number of hydrogen-bond acceptors (Lipinski definition) is 3. The molecule has 0 atom stereocenters. The van der Waals surface area contributed by atoms with Crippen LogP contribution in [0.5, 0.6) is 5.75 Å². The monoisotopic (exact) mass is 330 g/mol. The lowest BCUT2D eigenvalue weighted by molar-refractivity contribution is -0.132. The predicted octanol–water partition coefficient (Wildman–Crippen LogP) is 2.82. The molecular weight excluding hydrogens is 311 g/mol. The van der Waals surface area contributed by atoms with Crippen molar-refractivity contribution in [2.45, 2.75) is 13.5 Å². The normalized spacial score (nSPS) is 10.1. The SMILES string of the molecule is CC(=O)Nc1ccccc1OCC(=O)N(C)Cc1ccc(F)cc1. The summed E-state index contributed by atoms with van der Waals surface area (Å²) in [5.41, 5.74) is 1.34. The van der Waals surface area contributed by atoms with E-state index < -0.39 is 0 Å². The molecule has 0 heterocycles. The quantitative estimate of drug-likeness (QED) is 0.886. The van der Waals surface area contributed by atoms with Crippen LogP contribution in [0.2, 0.25) is 0 Å². The van der Waals surface area contributed by atoms with Gasteiger partial charge in [0.25, 0.3) is 5.91 Å². The van der Waals surface area contributed by atoms with E-state index in [2.05, 4.69) is 5.32 Å². The van der Waals surface area contributed by atoms with Gasteiger partial charge < -0.3 is 15.0 Å². The zero-order valence-electron chi connectivity index (χ0n) is 13.6. The molecule has 6 heteroatoms. The van der Waals surface area contributed by atoms with Crippen molar-refractivity contribution in [2.75, 3.05) is 19.0 Å². The van der Waals surface area contributed by atoms with Gasteiger partial charge in [-0.05, 0) is 29.8 Å². The second kappa shape index (κ2) is 8.10. The van der Waals surface area contributed by atoms with Crippen LogP contribution in [0.3, 0.4) is 0 Å². The van der Waals surface area contributed by atoms with Gasteiger partial charge in [-0.15, -0.1) is 0 Å². The van der Waals surface area contributed by atoms with E-state index in [0.29, 0.717) is 18.0 Å². The summed E-state index contributed by atoms with van der Waals surface area (Å²) < 4.78 is 18.4. The molecule has 0 aliphatic heterocycles. The van der Waals surface area contributed by atoms with Crippen LogP contribution in [-0.2, 0) is 16.1 Å². The summed E-state index contributed by atoms with van der Waals surface area (Å²) >= 11 is 0. The summed E-state index contributed by atoms with van der Waals surface area (Å²) in [6.45, 7) is 1.60. The van der Waals surface area contributed by atoms with Crippen LogP contribution >= 0.6 is 0 Å². The van der Waals surface area contributed by atoms with Crippen LogP contribution in [0, 0.1) is 5.82 Å². The lowest BCUT2D eigenvalue weighted by Crippen LogP contribution is -2.31. The second-order valence-electron chi connectivity index (χ2n) is 5.34. The van der Waals surface area contributed by atoms with Crippen LogP contribution in [-0.4, -0.2) is 30.4 Å². The highest BCUT2D eigenvalue weighted by Crippen LogP contribution is 2.23. The summed E-state index contributed by atoms with van der Waals surface area (Å²) in [7, 11) is 1.65. The van der Waals surface area contributed by atoms with E-state index in [1.165, 1.54) is 24.0 Å². The predicted molar refractivity (Wildman–Crippen MR) is 89.1 cm³/mol. The van der Waals surface area contributed by atoms with Gasteiger partial charge in [-0.25, -0.2) is 4.39 Å². The van der Waals surface area contributed by atoms with E-state index in [9.17, 15) is 14.0 Å². The Labute approximate surface area is 140 Å². The number of carbonyl (C=O) groups excluding carboxylic acids is 2. The Balaban J connectivity index is 1.93. The number of para-hydroxylation sites is 2. The van der Waals surface area contributed by atoms with Gasteiger partial charge in [0, 0.05) is 20.5 Å². The van der Waals surface area contributed by atoms with Gasteiger partial charge >= 0.3 is 0 Å². The molecule has 5 nitrogen and oxygen atoms in total. The first-order valence-corrected chi connectivity index (χ1v) is 7.43. The highest BCUT2D eigenvalue weighted by molar-refractivity contribution is 5.90. The van der Waals surface area contributed by atoms with E-state index in [1.54, 1.807) is 43.4 Å². The Bertz CT molecular complexity index is 716. The zero-order valence-corrected chi connectivity index (χ0v) is 13.6. The maximum Gasteiger partial charge on any atom is 0.260 e. The van der Waals surface area contributed by atoms with Gasteiger partial charge in [-0.2, -0.15) is 0 Å². The summed E-state index contributed by atoms with van der Waals surface area (Å²) in [6.07, 6.45) is 0. The fourth-order valence-corrected chi connectivity index (χ4v) is 2.09. The molecule has 126 valence electrons. The van der Waals surface area contributed by atoms with Crippen molar-refractivity contribution in [1.82, 2.24) is 4.90 Å². The van der Waals surface area contributed by atoms with Crippen molar-refractivity contribution in [1.29, 1.82) is 0 Å². The Morgan fingerprint density at radius 2 is 1.79 bits per heavy atom. The fraction of sp³-hybridized carbons (Fsp3) is 0.222. The maximum atomic E-state index is 12.9. The molecule has 0 saturated carbocycles. The van der Waals surface area contributed by atoms with Crippen molar-refractivity contribution in [3.8, 4) is 5.75 Å². The first-order valence-electron chi connectivity index (χ1n) is 7.43. The summed E-state index contributed by atoms with van der Waals surface area (Å²) in [5.74, 6) is -0.329. The average Bonchev–Trinajstić information content (AvgIpc) is 2.55. The number of hydrogen-bond donors (Lipinski definition) is 1. The van der Waals surface area contributed by atoms with Crippen LogP contribution in [0.4, 0.5) is 10.1 Å². The largest absolute Gasteiger partial charge is 0.482 e. The molecule has 1 N–H and O–H groups in total. The molecule has 0 radical (unpaired) electrons. The third-order valence-electron chi connectivity index (χ3n) is 3.31. The third kappa shape index (κ3) is 5.08. The Morgan fingerprint density at radius 1 is 1.12 bits per heavy atom. The van der Waals surface area contributed by atoms with Crippen molar-refractivity contribution in [3.05, 3.63) is 59.9 Å². The number of halogens is 1. The van der Waals surface area contributed by atoms with Gasteiger partial charge in [-0.3, -0.25) is 9.59 Å². The first-order chi connectivity index (χ1) is 11.5. The number of anilines is 1. The molecule has 0 bridgehead atoms. The number of carbonyl (C=O) groups is 2. The van der Waals surface area contributed by atoms with E-state index >= 15 is 0 Å². The average molecular weight is 330 g/mol. The standard InChI is InChI=1S/C18H19FN2O3/c1-13(22)20-16-5-3-4-6-17(16)24-12-18(23)21(2)11-14-7-9-15(19)10-8-14/h3-10H,11-12H2,1-2H3,(H,20,22). The van der Waals surface area contributed by atoms with E-state index in [0.717, 1.165) is 5.56 Å². The molecule has 0 spiro atoms. The lowest BCUT2D eigenvalue weighted by Gasteiger charge is -2.18. The van der Waals surface area contributed by atoms with Gasteiger partial charge in [0.05, 0.1) is 5.69 Å². The smallest absolute Gasteiger partial charge is 0.260 e. The number of ether oxygens (including phenoxy) is 1. The topological polar surface area (TPSA) is 58.6 Å². The van der Waals surface area contributed by atoms with Crippen LogP contribution in [0.1, 0.15) is 12.5 Å². The molecule has 0 fully saturated rings. The van der Waals surface area contributed by atoms with Crippen LogP contribution in [0.15, 0.2) is 48.5 Å². The number of nitrogens with zero attached hydrogens (tertiary/aromatic N) is 1. The number of benzene rings is 2. The van der Waals surface area contributed by atoms with Crippen LogP contribution < -0.4 is 10.1 Å². The second-order valence-corrected chi connectivity index (χ2v) is 5.34. The van der Waals surface area contributed by atoms with Gasteiger partial charge in [0.1, 0.15) is 11.6 Å². The lowest BCUT2D eigenvalue weighted by atomic mass is 10.2. The van der Waals surface area contributed by atoms with Crippen molar-refractivity contribution in [3.63, 3.8) is 0 Å². The molecule has 2 aromatic rings. The highest BCUT2D eigenvalue weighted by Gasteiger charge is 2.12. The van der Waals surface area contributed by atoms with Crippen molar-refractivity contribution in [2.24, 2.45) is 0 Å². The molecule has 0 unspecified atom stereocenters. The van der Waals surface area contributed by atoms with Crippen LogP contribution in [0.25, 0.3) is 0 Å². The van der Waals surface area contributed by atoms with Crippen molar-refractivity contribution >= 4 is 17.5 Å². The molecule has 24 heavy (non-hydrogen) atoms. The molecule has 2 amide bonds. The fourth-order valence-electron chi connectivity index (χ4n) is 2.09. The van der Waals surface area contributed by atoms with E-state index in [1.807, 2.05) is 0 Å². The molecule has 0 aromatic heterocycles. The van der Waals surface area contributed by atoms with Gasteiger partial charge in [0.15, 0.2) is 6.61 Å². The number of rotatable bonds is 6. The summed E-state index contributed by atoms with van der Waals surface area (Å²) in [5, 5.41) is 2.65. The Morgan fingerprint density at radius 3 is 2.46 bits per heavy atom. The highest BCUT2D eigenvalue weighted by atomic mass is 19.1. The molecule has 0 aliphatic rings. The van der Waals surface area contributed by atoms with Gasteiger partial charge in [0.2, 0.25) is 5.91 Å². The maximum absolute atomic E-state index is 12.9. The van der Waals surface area contributed by atoms with E-state index in [4.69, 9.17) is 4.74 Å². The molecule has 2 aromatic carbocycles. The number of nitrogens with one attached hydrogen (secondary N) is 1. The Hall–Kier alpha value is -2.89. The zero-order chi connectivity index (χ0) is 17.5. The van der Waals surface area contributed by atoms with Gasteiger partial charge in [-0.1, -0.05) is 24.3 Å². The first kappa shape index (κ1) is 17.5. The molecule has 0 aliphatic carbocycles. The Kier molecular flexibility index (Phi) is 5.89. The minimum Gasteiger partial charge on any atom is -0.482 e. The summed E-state index contributed by atoms with van der Waals surface area (Å²) in [4.78, 5) is 24.8. The summed E-state index contributed by atoms with van der Waals surface area (Å²) in [6, 6.07) is 12.9. The minimum atomic E-state index is -0.314.